The lowest BCUT2D eigenvalue weighted by Gasteiger charge is -2.18. The summed E-state index contributed by atoms with van der Waals surface area (Å²) in [4.78, 5) is 28.4. The number of benzene rings is 3. The molecule has 0 atom stereocenters. The number of anilines is 1. The molecule has 11 heteroatoms. The standard InChI is InChI=1S/C22H12Cl4N4O3/c23-13-9-17(25)20(18(26)10-13)29-22(31)15(8-12-4-2-1-3-5-12)21(28-29)27-19-11-14(30(32)33)6-7-16(19)24/h1-11H,(H,27,28)/b15-8-. The Morgan fingerprint density at radius 3 is 2.24 bits per heavy atom. The van der Waals surface area contributed by atoms with E-state index in [9.17, 15) is 14.9 Å². The summed E-state index contributed by atoms with van der Waals surface area (Å²) in [6, 6.07) is 15.8. The van der Waals surface area contributed by atoms with E-state index in [4.69, 9.17) is 46.4 Å². The van der Waals surface area contributed by atoms with Crippen molar-refractivity contribution < 1.29 is 9.72 Å². The first-order valence-electron chi connectivity index (χ1n) is 9.30. The summed E-state index contributed by atoms with van der Waals surface area (Å²) >= 11 is 24.8. The van der Waals surface area contributed by atoms with E-state index in [0.29, 0.717) is 5.02 Å². The second kappa shape index (κ2) is 9.41. The third kappa shape index (κ3) is 4.82. The largest absolute Gasteiger partial charge is 0.280 e. The average molecular weight is 522 g/mol. The molecule has 4 rings (SSSR count). The lowest BCUT2D eigenvalue weighted by molar-refractivity contribution is -0.384. The van der Waals surface area contributed by atoms with Gasteiger partial charge in [0.15, 0.2) is 5.84 Å². The van der Waals surface area contributed by atoms with E-state index < -0.39 is 10.8 Å². The van der Waals surface area contributed by atoms with Gasteiger partial charge in [-0.25, -0.2) is 10.0 Å². The van der Waals surface area contributed by atoms with E-state index >= 15 is 0 Å². The van der Waals surface area contributed by atoms with Crippen molar-refractivity contribution >= 4 is 81.3 Å². The quantitative estimate of drug-likeness (QED) is 0.230. The molecular weight excluding hydrogens is 510 g/mol. The van der Waals surface area contributed by atoms with Crippen molar-refractivity contribution in [3.8, 4) is 0 Å². The topological polar surface area (TPSA) is 87.8 Å². The minimum Gasteiger partial charge on any atom is -0.273 e. The van der Waals surface area contributed by atoms with Gasteiger partial charge in [-0.05, 0) is 29.8 Å². The highest BCUT2D eigenvalue weighted by molar-refractivity contribution is 6.44. The molecule has 0 saturated carbocycles. The number of halogens is 4. The Morgan fingerprint density at radius 1 is 0.939 bits per heavy atom. The average Bonchev–Trinajstić information content (AvgIpc) is 3.04. The number of nitrogens with zero attached hydrogens (tertiary/aromatic N) is 3. The Balaban J connectivity index is 1.87. The fourth-order valence-electron chi connectivity index (χ4n) is 3.10. The van der Waals surface area contributed by atoms with E-state index in [-0.39, 0.29) is 43.5 Å². The molecule has 1 saturated heterocycles. The highest BCUT2D eigenvalue weighted by Gasteiger charge is 2.35. The Kier molecular flexibility index (Phi) is 6.58. The van der Waals surface area contributed by atoms with Crippen LogP contribution in [0.1, 0.15) is 5.56 Å². The highest BCUT2D eigenvalue weighted by Crippen LogP contribution is 2.38. The van der Waals surface area contributed by atoms with Crippen molar-refractivity contribution in [1.82, 2.24) is 5.43 Å². The number of hydrazine groups is 1. The number of nitro benzene ring substituents is 1. The van der Waals surface area contributed by atoms with Crippen LogP contribution in [0, 0.1) is 10.1 Å². The molecule has 1 aliphatic rings. The number of hydrogen-bond acceptors (Lipinski definition) is 4. The van der Waals surface area contributed by atoms with Crippen LogP contribution >= 0.6 is 46.4 Å². The Labute approximate surface area is 208 Å². The number of hydrogen-bond donors (Lipinski definition) is 1. The van der Waals surface area contributed by atoms with Crippen LogP contribution in [-0.4, -0.2) is 16.7 Å². The molecular formula is C22H12Cl4N4O3. The van der Waals surface area contributed by atoms with Gasteiger partial charge in [0.25, 0.3) is 11.6 Å². The minimum absolute atomic E-state index is 0.105. The van der Waals surface area contributed by atoms with E-state index in [2.05, 4.69) is 10.4 Å². The molecule has 1 N–H and O–H groups in total. The number of amidine groups is 1. The smallest absolute Gasteiger partial charge is 0.273 e. The molecule has 7 nitrogen and oxygen atoms in total. The number of carbonyl (C=O) groups excluding carboxylic acids is 1. The summed E-state index contributed by atoms with van der Waals surface area (Å²) in [5.74, 6) is -0.390. The Hall–Kier alpha value is -3.10. The van der Waals surface area contributed by atoms with Gasteiger partial charge in [-0.15, -0.1) is 0 Å². The maximum absolute atomic E-state index is 13.4. The van der Waals surface area contributed by atoms with Crippen LogP contribution in [0.15, 0.2) is 71.2 Å². The lowest BCUT2D eigenvalue weighted by Crippen LogP contribution is -2.36. The van der Waals surface area contributed by atoms with Crippen LogP contribution in [0.5, 0.6) is 0 Å². The third-order valence-corrected chi connectivity index (χ3v) is 5.71. The van der Waals surface area contributed by atoms with Crippen molar-refractivity contribution in [3.63, 3.8) is 0 Å². The molecule has 0 aliphatic carbocycles. The first-order chi connectivity index (χ1) is 15.7. The lowest BCUT2D eigenvalue weighted by atomic mass is 10.1. The molecule has 1 amide bonds. The summed E-state index contributed by atoms with van der Waals surface area (Å²) in [5.41, 5.74) is 3.87. The SMILES string of the molecule is O=C1/C(=C\c2ccccc2)C(=Nc2cc([N+](=O)[O-])ccc2Cl)NN1c1c(Cl)cc(Cl)cc1Cl. The van der Waals surface area contributed by atoms with Crippen molar-refractivity contribution in [2.45, 2.75) is 0 Å². The van der Waals surface area contributed by atoms with Crippen LogP contribution in [-0.2, 0) is 4.79 Å². The summed E-state index contributed by atoms with van der Waals surface area (Å²) in [6.07, 6.45) is 1.62. The molecule has 1 fully saturated rings. The summed E-state index contributed by atoms with van der Waals surface area (Å²) in [7, 11) is 0. The molecule has 3 aromatic rings. The minimum atomic E-state index is -0.562. The molecule has 1 aliphatic heterocycles. The van der Waals surface area contributed by atoms with Gasteiger partial charge in [0.1, 0.15) is 5.69 Å². The van der Waals surface area contributed by atoms with Crippen molar-refractivity contribution in [2.75, 3.05) is 5.01 Å². The number of aliphatic imine (C=N–C) groups is 1. The van der Waals surface area contributed by atoms with Gasteiger partial charge < -0.3 is 0 Å². The first kappa shape index (κ1) is 23.1. The maximum Gasteiger partial charge on any atom is 0.280 e. The van der Waals surface area contributed by atoms with Gasteiger partial charge in [0, 0.05) is 17.2 Å². The second-order valence-electron chi connectivity index (χ2n) is 6.79. The molecule has 0 spiro atoms. The number of nitrogens with one attached hydrogen (secondary N) is 1. The summed E-state index contributed by atoms with van der Waals surface area (Å²) in [5, 5.41) is 13.1. The highest BCUT2D eigenvalue weighted by atomic mass is 35.5. The van der Waals surface area contributed by atoms with E-state index in [1.165, 1.54) is 30.3 Å². The Morgan fingerprint density at radius 2 is 1.61 bits per heavy atom. The zero-order chi connectivity index (χ0) is 23.7. The van der Waals surface area contributed by atoms with Gasteiger partial charge in [-0.2, -0.15) is 0 Å². The summed E-state index contributed by atoms with van der Waals surface area (Å²) < 4.78 is 0. The van der Waals surface area contributed by atoms with Gasteiger partial charge in [-0.1, -0.05) is 76.7 Å². The zero-order valence-electron chi connectivity index (χ0n) is 16.4. The van der Waals surface area contributed by atoms with Crippen LogP contribution in [0.3, 0.4) is 0 Å². The molecule has 33 heavy (non-hydrogen) atoms. The fourth-order valence-corrected chi connectivity index (χ4v) is 4.24. The van der Waals surface area contributed by atoms with Gasteiger partial charge in [-0.3, -0.25) is 20.3 Å². The van der Waals surface area contributed by atoms with Crippen molar-refractivity contribution in [2.24, 2.45) is 4.99 Å². The second-order valence-corrected chi connectivity index (χ2v) is 8.45. The predicted octanol–water partition coefficient (Wildman–Crippen LogP) is 6.87. The van der Waals surface area contributed by atoms with Crippen LogP contribution in [0.25, 0.3) is 6.08 Å². The normalized spacial score (nSPS) is 15.9. The first-order valence-corrected chi connectivity index (χ1v) is 10.8. The van der Waals surface area contributed by atoms with Crippen LogP contribution < -0.4 is 10.4 Å². The number of rotatable bonds is 4. The van der Waals surface area contributed by atoms with Gasteiger partial charge >= 0.3 is 0 Å². The molecule has 0 radical (unpaired) electrons. The number of nitro groups is 1. The number of amides is 1. The summed E-state index contributed by atoms with van der Waals surface area (Å²) in [6.45, 7) is 0. The zero-order valence-corrected chi connectivity index (χ0v) is 19.5. The van der Waals surface area contributed by atoms with E-state index in [1.54, 1.807) is 6.08 Å². The molecule has 0 unspecified atom stereocenters. The van der Waals surface area contributed by atoms with E-state index in [0.717, 1.165) is 10.6 Å². The molecule has 0 aromatic heterocycles. The maximum atomic E-state index is 13.4. The molecule has 0 bridgehead atoms. The number of non-ortho nitro benzene ring substituents is 1. The molecule has 166 valence electrons. The van der Waals surface area contributed by atoms with Gasteiger partial charge in [0.2, 0.25) is 0 Å². The fraction of sp³-hybridized carbons (Fsp3) is 0. The van der Waals surface area contributed by atoms with E-state index in [1.807, 2.05) is 30.3 Å². The predicted molar refractivity (Wildman–Crippen MR) is 132 cm³/mol. The number of carbonyl (C=O) groups is 1. The van der Waals surface area contributed by atoms with Crippen LogP contribution in [0.2, 0.25) is 20.1 Å². The molecule has 3 aromatic carbocycles. The third-order valence-electron chi connectivity index (χ3n) is 4.59. The monoisotopic (exact) mass is 520 g/mol. The van der Waals surface area contributed by atoms with Gasteiger partial charge in [0.05, 0.1) is 31.3 Å². The van der Waals surface area contributed by atoms with Crippen LogP contribution in [0.4, 0.5) is 17.1 Å². The Bertz CT molecular complexity index is 1320. The van der Waals surface area contributed by atoms with Crippen molar-refractivity contribution in [1.29, 1.82) is 0 Å². The molecule has 1 heterocycles. The van der Waals surface area contributed by atoms with Crippen molar-refractivity contribution in [3.05, 3.63) is 102 Å².